The summed E-state index contributed by atoms with van der Waals surface area (Å²) in [5.41, 5.74) is 12.6. The zero-order valence-electron chi connectivity index (χ0n) is 26.9. The number of hydrogen-bond donors (Lipinski definition) is 3. The van der Waals surface area contributed by atoms with Gasteiger partial charge in [-0.1, -0.05) is 48.5 Å². The number of aliphatic imine (C=N–C) groups is 1. The average Bonchev–Trinajstić information content (AvgIpc) is 3.51. The van der Waals surface area contributed by atoms with Crippen LogP contribution in [0, 0.1) is 20.8 Å². The minimum atomic E-state index is -4.11. The van der Waals surface area contributed by atoms with Crippen molar-refractivity contribution in [2.24, 2.45) is 10.7 Å². The molecule has 1 amide bonds. The van der Waals surface area contributed by atoms with E-state index >= 15 is 0 Å². The quantitative estimate of drug-likeness (QED) is 0.223. The van der Waals surface area contributed by atoms with Crippen LogP contribution in [0.4, 0.5) is 4.79 Å². The highest BCUT2D eigenvalue weighted by Gasteiger charge is 2.38. The minimum Gasteiger partial charge on any atom is -0.487 e. The van der Waals surface area contributed by atoms with Crippen LogP contribution in [0.5, 0.6) is 5.75 Å². The van der Waals surface area contributed by atoms with Crippen LogP contribution in [0.2, 0.25) is 0 Å². The molecule has 5 rings (SSSR count). The number of ether oxygens (including phenoxy) is 2. The normalized spacial score (nSPS) is 15.7. The molecule has 0 fully saturated rings. The SMILES string of the molecule is Cc1c(C)c(S(=O)(=O)N(C)C(N)=NCCC(NC(=O)OCC2c3ccccc3-c3ccccc32)C(=O)O)c(C)c2c1OC(C)(C)C2. The van der Waals surface area contributed by atoms with Crippen molar-refractivity contribution in [3.8, 4) is 16.9 Å². The van der Waals surface area contributed by atoms with Crippen molar-refractivity contribution in [3.05, 3.63) is 81.9 Å². The summed E-state index contributed by atoms with van der Waals surface area (Å²) in [6.45, 7) is 9.12. The van der Waals surface area contributed by atoms with Gasteiger partial charge in [0.1, 0.15) is 24.0 Å². The summed E-state index contributed by atoms with van der Waals surface area (Å²) in [7, 11) is -2.80. The highest BCUT2D eigenvalue weighted by atomic mass is 32.2. The summed E-state index contributed by atoms with van der Waals surface area (Å²) in [5.74, 6) is -1.05. The van der Waals surface area contributed by atoms with Gasteiger partial charge in [0.05, 0.1) is 4.90 Å². The number of rotatable bonds is 9. The molecule has 3 aromatic rings. The van der Waals surface area contributed by atoms with Crippen LogP contribution in [-0.4, -0.2) is 67.7 Å². The van der Waals surface area contributed by atoms with Gasteiger partial charge in [-0.2, -0.15) is 0 Å². The molecule has 244 valence electrons. The molecule has 4 N–H and O–H groups in total. The van der Waals surface area contributed by atoms with E-state index in [0.717, 1.165) is 37.7 Å². The van der Waals surface area contributed by atoms with E-state index in [0.29, 0.717) is 23.3 Å². The summed E-state index contributed by atoms with van der Waals surface area (Å²) in [4.78, 5) is 28.9. The number of carbonyl (C=O) groups excluding carboxylic acids is 1. The first kappa shape index (κ1) is 32.8. The van der Waals surface area contributed by atoms with Gasteiger partial charge < -0.3 is 25.6 Å². The third kappa shape index (κ3) is 6.01. The first-order valence-corrected chi connectivity index (χ1v) is 16.5. The minimum absolute atomic E-state index is 0.0323. The molecule has 12 heteroatoms. The fourth-order valence-corrected chi connectivity index (χ4v) is 7.97. The predicted octanol–water partition coefficient (Wildman–Crippen LogP) is 4.64. The number of sulfonamides is 1. The van der Waals surface area contributed by atoms with Crippen molar-refractivity contribution in [1.29, 1.82) is 0 Å². The summed E-state index contributed by atoms with van der Waals surface area (Å²) >= 11 is 0. The molecule has 46 heavy (non-hydrogen) atoms. The molecule has 1 atom stereocenters. The number of aliphatic carboxylic acids is 1. The second-order valence-electron chi connectivity index (χ2n) is 12.4. The molecule has 1 heterocycles. The number of carboxylic acid groups (broad SMARTS) is 1. The lowest BCUT2D eigenvalue weighted by Crippen LogP contribution is -2.42. The Balaban J connectivity index is 1.23. The molecule has 0 bridgehead atoms. The van der Waals surface area contributed by atoms with E-state index in [4.69, 9.17) is 15.2 Å². The molecule has 0 spiro atoms. The Kier molecular flexibility index (Phi) is 8.78. The highest BCUT2D eigenvalue weighted by molar-refractivity contribution is 7.89. The van der Waals surface area contributed by atoms with Crippen LogP contribution in [0.1, 0.15) is 59.6 Å². The number of benzene rings is 3. The van der Waals surface area contributed by atoms with Crippen molar-refractivity contribution in [2.75, 3.05) is 20.2 Å². The van der Waals surface area contributed by atoms with Crippen molar-refractivity contribution in [1.82, 2.24) is 9.62 Å². The lowest BCUT2D eigenvalue weighted by atomic mass is 9.94. The van der Waals surface area contributed by atoms with Gasteiger partial charge in [0.15, 0.2) is 0 Å². The molecule has 1 aliphatic heterocycles. The van der Waals surface area contributed by atoms with Crippen LogP contribution in [0.15, 0.2) is 58.4 Å². The van der Waals surface area contributed by atoms with E-state index in [9.17, 15) is 23.1 Å². The van der Waals surface area contributed by atoms with Gasteiger partial charge in [-0.3, -0.25) is 4.99 Å². The molecule has 0 saturated heterocycles. The molecule has 0 radical (unpaired) electrons. The Bertz CT molecular complexity index is 1810. The van der Waals surface area contributed by atoms with E-state index in [1.54, 1.807) is 13.8 Å². The molecule has 3 aromatic carbocycles. The number of guanidine groups is 1. The summed E-state index contributed by atoms with van der Waals surface area (Å²) in [6.07, 6.45) is -0.453. The smallest absolute Gasteiger partial charge is 0.407 e. The standard InChI is InChI=1S/C34H40N4O7S/c1-19-20(2)30(21(3)26-17-34(4,5)45-29(19)26)46(42,43)38(6)32(35)36-16-15-28(31(39)40)37-33(41)44-18-27-24-13-9-7-11-22(24)23-12-8-10-14-25(23)27/h7-14,27-28H,15-18H2,1-6H3,(H2,35,36)(H,37,41)(H,39,40). The van der Waals surface area contributed by atoms with Gasteiger partial charge in [-0.15, -0.1) is 0 Å². The number of amides is 1. The third-order valence-corrected chi connectivity index (χ3v) is 10.9. The number of nitrogens with two attached hydrogens (primary N) is 1. The molecule has 2 aliphatic rings. The first-order chi connectivity index (χ1) is 21.6. The topological polar surface area (TPSA) is 161 Å². The predicted molar refractivity (Wildman–Crippen MR) is 175 cm³/mol. The van der Waals surface area contributed by atoms with Crippen molar-refractivity contribution in [2.45, 2.75) is 69.9 Å². The number of carbonyl (C=O) groups is 2. The number of nitrogens with one attached hydrogen (secondary N) is 1. The Hall–Kier alpha value is -4.58. The van der Waals surface area contributed by atoms with Crippen molar-refractivity contribution < 1.29 is 32.6 Å². The molecule has 1 aliphatic carbocycles. The zero-order chi connectivity index (χ0) is 33.6. The van der Waals surface area contributed by atoms with Crippen LogP contribution >= 0.6 is 0 Å². The molecule has 11 nitrogen and oxygen atoms in total. The van der Waals surface area contributed by atoms with Crippen molar-refractivity contribution in [3.63, 3.8) is 0 Å². The van der Waals surface area contributed by atoms with E-state index in [1.807, 2.05) is 69.3 Å². The van der Waals surface area contributed by atoms with E-state index in [-0.39, 0.29) is 36.3 Å². The second kappa shape index (κ2) is 12.3. The number of carboxylic acids is 1. The Morgan fingerprint density at radius 3 is 2.24 bits per heavy atom. The maximum atomic E-state index is 13.8. The lowest BCUT2D eigenvalue weighted by Gasteiger charge is -2.23. The van der Waals surface area contributed by atoms with Crippen LogP contribution in [0.25, 0.3) is 11.1 Å². The van der Waals surface area contributed by atoms with Crippen LogP contribution < -0.4 is 15.8 Å². The van der Waals surface area contributed by atoms with E-state index in [1.165, 1.54) is 7.05 Å². The number of hydrogen-bond acceptors (Lipinski definition) is 7. The monoisotopic (exact) mass is 648 g/mol. The number of fused-ring (bicyclic) bond motifs is 4. The lowest BCUT2D eigenvalue weighted by molar-refractivity contribution is -0.139. The largest absolute Gasteiger partial charge is 0.487 e. The van der Waals surface area contributed by atoms with Gasteiger partial charge in [-0.25, -0.2) is 22.3 Å². The second-order valence-corrected chi connectivity index (χ2v) is 14.3. The Labute approximate surface area is 269 Å². The Morgan fingerprint density at radius 2 is 1.65 bits per heavy atom. The fourth-order valence-electron chi connectivity index (χ4n) is 6.34. The van der Waals surface area contributed by atoms with Gasteiger partial charge in [0, 0.05) is 31.5 Å². The van der Waals surface area contributed by atoms with Crippen LogP contribution in [-0.2, 0) is 26.0 Å². The zero-order valence-corrected chi connectivity index (χ0v) is 27.7. The van der Waals surface area contributed by atoms with Gasteiger partial charge in [0.2, 0.25) is 5.96 Å². The van der Waals surface area contributed by atoms with Crippen LogP contribution in [0.3, 0.4) is 0 Å². The maximum absolute atomic E-state index is 13.8. The van der Waals surface area contributed by atoms with E-state index in [2.05, 4.69) is 10.3 Å². The molecular weight excluding hydrogens is 608 g/mol. The molecule has 0 saturated carbocycles. The number of alkyl carbamates (subject to hydrolysis) is 1. The fraction of sp³-hybridized carbons (Fsp3) is 0.382. The van der Waals surface area contributed by atoms with Gasteiger partial charge in [0.25, 0.3) is 10.0 Å². The summed E-state index contributed by atoms with van der Waals surface area (Å²) in [6, 6.07) is 14.5. The van der Waals surface area contributed by atoms with Gasteiger partial charge >= 0.3 is 12.1 Å². The number of nitrogens with zero attached hydrogens (tertiary/aromatic N) is 2. The van der Waals surface area contributed by atoms with E-state index < -0.39 is 33.7 Å². The van der Waals surface area contributed by atoms with Crippen molar-refractivity contribution >= 4 is 28.0 Å². The third-order valence-electron chi connectivity index (χ3n) is 8.86. The molecular formula is C34H40N4O7S. The summed E-state index contributed by atoms with van der Waals surface area (Å²) < 4.78 is 40.0. The Morgan fingerprint density at radius 1 is 1.07 bits per heavy atom. The first-order valence-electron chi connectivity index (χ1n) is 15.1. The van der Waals surface area contributed by atoms with Gasteiger partial charge in [-0.05, 0) is 80.0 Å². The summed E-state index contributed by atoms with van der Waals surface area (Å²) in [5, 5.41) is 12.1. The highest BCUT2D eigenvalue weighted by Crippen LogP contribution is 2.45. The maximum Gasteiger partial charge on any atom is 0.407 e. The average molecular weight is 649 g/mol. The molecule has 1 unspecified atom stereocenters. The molecule has 0 aromatic heterocycles.